The van der Waals surface area contributed by atoms with Crippen LogP contribution < -0.4 is 5.32 Å². The second-order valence-electron chi connectivity index (χ2n) is 5.66. The van der Waals surface area contributed by atoms with Crippen LogP contribution in [0.5, 0.6) is 0 Å². The third kappa shape index (κ3) is 3.07. The van der Waals surface area contributed by atoms with E-state index in [1.807, 2.05) is 0 Å². The lowest BCUT2D eigenvalue weighted by Gasteiger charge is -2.44. The van der Waals surface area contributed by atoms with Crippen molar-refractivity contribution in [1.82, 2.24) is 10.2 Å². The lowest BCUT2D eigenvalue weighted by atomic mass is 9.78. The van der Waals surface area contributed by atoms with Crippen LogP contribution >= 0.6 is 0 Å². The Hall–Kier alpha value is -1.12. The molecule has 2 rings (SSSR count). The van der Waals surface area contributed by atoms with Crippen LogP contribution in [0.15, 0.2) is 0 Å². The summed E-state index contributed by atoms with van der Waals surface area (Å²) in [6.45, 7) is 4.06. The van der Waals surface area contributed by atoms with Gasteiger partial charge >= 0.3 is 0 Å². The summed E-state index contributed by atoms with van der Waals surface area (Å²) in [5.74, 6) is 0.666. The normalized spacial score (nSPS) is 36.5. The topological polar surface area (TPSA) is 65.4 Å². The Balaban J connectivity index is 2.15. The summed E-state index contributed by atoms with van der Waals surface area (Å²) in [6.07, 6.45) is 3.07. The van der Waals surface area contributed by atoms with Crippen LogP contribution in [0.2, 0.25) is 0 Å². The van der Waals surface area contributed by atoms with Gasteiger partial charge in [0.25, 0.3) is 0 Å². The molecule has 0 radical (unpaired) electrons. The highest BCUT2D eigenvalue weighted by Gasteiger charge is 2.39. The van der Waals surface area contributed by atoms with Gasteiger partial charge in [-0.15, -0.1) is 0 Å². The van der Waals surface area contributed by atoms with Crippen LogP contribution in [0.1, 0.15) is 26.2 Å². The smallest absolute Gasteiger partial charge is 0.239 e. The Labute approximate surface area is 114 Å². The van der Waals surface area contributed by atoms with Crippen LogP contribution in [-0.2, 0) is 9.53 Å². The van der Waals surface area contributed by atoms with E-state index in [4.69, 9.17) is 4.74 Å². The zero-order chi connectivity index (χ0) is 13.8. The van der Waals surface area contributed by atoms with Gasteiger partial charge < -0.3 is 10.1 Å². The maximum absolute atomic E-state index is 12.0. The number of hydrogen-bond donors (Lipinski definition) is 1. The molecule has 1 amide bonds. The number of likely N-dealkylation sites (N-methyl/N-ethyl adjacent to an activating group) is 1. The maximum Gasteiger partial charge on any atom is 0.239 e. The van der Waals surface area contributed by atoms with Gasteiger partial charge in [-0.1, -0.05) is 6.92 Å². The lowest BCUT2D eigenvalue weighted by molar-refractivity contribution is -0.135. The molecule has 1 aliphatic heterocycles. The predicted octanol–water partition coefficient (Wildman–Crippen LogP) is 0.762. The first-order chi connectivity index (χ1) is 9.17. The highest BCUT2D eigenvalue weighted by Crippen LogP contribution is 2.33. The summed E-state index contributed by atoms with van der Waals surface area (Å²) >= 11 is 0. The van der Waals surface area contributed by atoms with Crippen molar-refractivity contribution in [2.24, 2.45) is 11.8 Å². The number of rotatable bonds is 2. The third-order valence-corrected chi connectivity index (χ3v) is 4.39. The van der Waals surface area contributed by atoms with E-state index >= 15 is 0 Å². The molecule has 2 aliphatic rings. The molecule has 0 aromatic carbocycles. The van der Waals surface area contributed by atoms with Crippen molar-refractivity contribution in [1.29, 1.82) is 5.26 Å². The molecule has 0 aromatic heterocycles. The molecule has 1 saturated heterocycles. The number of nitrogens with zero attached hydrogens (tertiary/aromatic N) is 2. The second-order valence-corrected chi connectivity index (χ2v) is 5.66. The molecule has 1 saturated carbocycles. The molecule has 0 aromatic rings. The molecule has 4 atom stereocenters. The molecule has 106 valence electrons. The Kier molecular flexibility index (Phi) is 4.78. The molecule has 2 fully saturated rings. The van der Waals surface area contributed by atoms with Crippen molar-refractivity contribution in [3.05, 3.63) is 0 Å². The van der Waals surface area contributed by atoms with Gasteiger partial charge in [-0.3, -0.25) is 9.69 Å². The van der Waals surface area contributed by atoms with Crippen LogP contribution in [-0.4, -0.2) is 49.7 Å². The lowest BCUT2D eigenvalue weighted by Crippen LogP contribution is -2.59. The summed E-state index contributed by atoms with van der Waals surface area (Å²) in [5, 5.41) is 12.1. The minimum absolute atomic E-state index is 0.00498. The maximum atomic E-state index is 12.0. The fourth-order valence-corrected chi connectivity index (χ4v) is 3.27. The molecule has 1 N–H and O–H groups in total. The van der Waals surface area contributed by atoms with Crippen LogP contribution in [0.25, 0.3) is 0 Å². The Morgan fingerprint density at radius 2 is 2.26 bits per heavy atom. The van der Waals surface area contributed by atoms with Crippen molar-refractivity contribution < 1.29 is 9.53 Å². The van der Waals surface area contributed by atoms with E-state index < -0.39 is 0 Å². The molecule has 4 unspecified atom stereocenters. The van der Waals surface area contributed by atoms with Crippen LogP contribution in [0, 0.1) is 23.2 Å². The largest absolute Gasteiger partial charge is 0.378 e. The predicted molar refractivity (Wildman–Crippen MR) is 71.3 cm³/mol. The van der Waals surface area contributed by atoms with E-state index in [2.05, 4.69) is 23.2 Å². The van der Waals surface area contributed by atoms with Gasteiger partial charge in [0.2, 0.25) is 5.91 Å². The Morgan fingerprint density at radius 3 is 2.95 bits per heavy atom. The van der Waals surface area contributed by atoms with E-state index in [-0.39, 0.29) is 23.9 Å². The minimum atomic E-state index is -0.245. The van der Waals surface area contributed by atoms with Crippen molar-refractivity contribution in [3.63, 3.8) is 0 Å². The van der Waals surface area contributed by atoms with Crippen LogP contribution in [0.3, 0.4) is 0 Å². The Bertz CT molecular complexity index is 366. The van der Waals surface area contributed by atoms with Gasteiger partial charge in [-0.25, -0.2) is 0 Å². The van der Waals surface area contributed by atoms with E-state index in [1.54, 1.807) is 7.05 Å². The first-order valence-electron chi connectivity index (χ1n) is 7.12. The van der Waals surface area contributed by atoms with Gasteiger partial charge in [0.15, 0.2) is 0 Å². The number of nitrogens with one attached hydrogen (secondary N) is 1. The number of morpholine rings is 1. The summed E-state index contributed by atoms with van der Waals surface area (Å²) in [4.78, 5) is 14.2. The van der Waals surface area contributed by atoms with E-state index in [1.165, 1.54) is 0 Å². The molecule has 5 nitrogen and oxygen atoms in total. The average molecular weight is 265 g/mol. The number of nitriles is 1. The molecule has 5 heteroatoms. The van der Waals surface area contributed by atoms with Gasteiger partial charge in [-0.2, -0.15) is 5.26 Å². The van der Waals surface area contributed by atoms with Crippen LogP contribution in [0.4, 0.5) is 0 Å². The van der Waals surface area contributed by atoms with Gasteiger partial charge in [0.05, 0.1) is 25.2 Å². The zero-order valence-electron chi connectivity index (χ0n) is 11.8. The first-order valence-corrected chi connectivity index (χ1v) is 7.12. The summed E-state index contributed by atoms with van der Waals surface area (Å²) in [6, 6.07) is 2.38. The summed E-state index contributed by atoms with van der Waals surface area (Å²) in [5.41, 5.74) is 0. The van der Waals surface area contributed by atoms with Crippen molar-refractivity contribution >= 4 is 5.91 Å². The average Bonchev–Trinajstić information content (AvgIpc) is 2.46. The van der Waals surface area contributed by atoms with Crippen molar-refractivity contribution in [2.45, 2.75) is 38.3 Å². The van der Waals surface area contributed by atoms with Gasteiger partial charge in [0.1, 0.15) is 6.04 Å². The molecular formula is C14H23N3O2. The summed E-state index contributed by atoms with van der Waals surface area (Å²) in [7, 11) is 1.65. The Morgan fingerprint density at radius 1 is 1.47 bits per heavy atom. The fraction of sp³-hybridized carbons (Fsp3) is 0.857. The molecule has 19 heavy (non-hydrogen) atoms. The molecule has 0 bridgehead atoms. The highest BCUT2D eigenvalue weighted by atomic mass is 16.5. The number of amides is 1. The fourth-order valence-electron chi connectivity index (χ4n) is 3.27. The molecular weight excluding hydrogens is 242 g/mol. The van der Waals surface area contributed by atoms with Crippen molar-refractivity contribution in [2.75, 3.05) is 26.8 Å². The van der Waals surface area contributed by atoms with Gasteiger partial charge in [-0.05, 0) is 25.2 Å². The van der Waals surface area contributed by atoms with E-state index in [0.717, 1.165) is 25.8 Å². The number of ether oxygens (including phenoxy) is 1. The van der Waals surface area contributed by atoms with E-state index in [9.17, 15) is 10.1 Å². The molecule has 0 spiro atoms. The van der Waals surface area contributed by atoms with E-state index in [0.29, 0.717) is 19.1 Å². The number of carbonyl (C=O) groups excluding carboxylic acids is 1. The highest BCUT2D eigenvalue weighted by molar-refractivity contribution is 5.81. The SMILES string of the molecule is CNC(=O)C1COCCN1C1CC(C)CCC1C#N. The quantitative estimate of drug-likeness (QED) is 0.800. The van der Waals surface area contributed by atoms with Crippen molar-refractivity contribution in [3.8, 4) is 6.07 Å². The minimum Gasteiger partial charge on any atom is -0.378 e. The summed E-state index contributed by atoms with van der Waals surface area (Å²) < 4.78 is 5.44. The van der Waals surface area contributed by atoms with Gasteiger partial charge in [0, 0.05) is 19.6 Å². The second kappa shape index (κ2) is 6.36. The first kappa shape index (κ1) is 14.3. The third-order valence-electron chi connectivity index (χ3n) is 4.39. The monoisotopic (exact) mass is 265 g/mol. The molecule has 1 aliphatic carbocycles. The zero-order valence-corrected chi connectivity index (χ0v) is 11.8. The standard InChI is InChI=1S/C14H23N3O2/c1-10-3-4-11(8-15)12(7-10)17-5-6-19-9-13(17)14(18)16-2/h10-13H,3-7,9H2,1-2H3,(H,16,18). The molecule has 1 heterocycles. The number of carbonyl (C=O) groups is 1. The number of hydrogen-bond acceptors (Lipinski definition) is 4.